The summed E-state index contributed by atoms with van der Waals surface area (Å²) in [7, 11) is 0. The molecule has 0 amide bonds. The lowest BCUT2D eigenvalue weighted by atomic mass is 9.93. The average Bonchev–Trinajstić information content (AvgIpc) is 2.28. The van der Waals surface area contributed by atoms with Gasteiger partial charge in [0.1, 0.15) is 0 Å². The molecule has 3 heteroatoms. The van der Waals surface area contributed by atoms with Gasteiger partial charge in [-0.25, -0.2) is 0 Å². The summed E-state index contributed by atoms with van der Waals surface area (Å²) < 4.78 is 0. The Bertz CT molecular complexity index is 399. The minimum atomic E-state index is -0.352. The summed E-state index contributed by atoms with van der Waals surface area (Å²) >= 11 is 0. The number of aryl methyl sites for hydroxylation is 1. The van der Waals surface area contributed by atoms with Crippen molar-refractivity contribution in [1.29, 1.82) is 0 Å². The molecule has 0 aliphatic heterocycles. The molecular weight excluding hydrogens is 202 g/mol. The molecule has 0 bridgehead atoms. The maximum Gasteiger partial charge on any atom is 0.269 e. The first kappa shape index (κ1) is 12.4. The van der Waals surface area contributed by atoms with E-state index in [9.17, 15) is 10.1 Å². The van der Waals surface area contributed by atoms with Crippen LogP contribution < -0.4 is 0 Å². The molecule has 0 saturated heterocycles. The van der Waals surface area contributed by atoms with Gasteiger partial charge in [0.15, 0.2) is 0 Å². The number of allylic oxidation sites excluding steroid dienone is 1. The summed E-state index contributed by atoms with van der Waals surface area (Å²) in [5.41, 5.74) is 2.36. The molecule has 86 valence electrons. The maximum atomic E-state index is 10.7. The van der Waals surface area contributed by atoms with Crippen LogP contribution in [0.2, 0.25) is 0 Å². The first-order valence-electron chi connectivity index (χ1n) is 5.50. The van der Waals surface area contributed by atoms with Gasteiger partial charge >= 0.3 is 0 Å². The number of hydrogen-bond donors (Lipinski definition) is 0. The average molecular weight is 219 g/mol. The Kier molecular flexibility index (Phi) is 4.23. The van der Waals surface area contributed by atoms with E-state index in [-0.39, 0.29) is 16.5 Å². The molecule has 0 aromatic heterocycles. The summed E-state index contributed by atoms with van der Waals surface area (Å²) in [5, 5.41) is 10.7. The van der Waals surface area contributed by atoms with Crippen LogP contribution in [0.3, 0.4) is 0 Å². The van der Waals surface area contributed by atoms with Crippen LogP contribution in [-0.2, 0) is 6.42 Å². The fourth-order valence-corrected chi connectivity index (χ4v) is 1.74. The Labute approximate surface area is 95.9 Å². The first-order chi connectivity index (χ1) is 7.60. The monoisotopic (exact) mass is 219 g/mol. The third-order valence-corrected chi connectivity index (χ3v) is 2.70. The fourth-order valence-electron chi connectivity index (χ4n) is 1.74. The third-order valence-electron chi connectivity index (χ3n) is 2.70. The van der Waals surface area contributed by atoms with Crippen LogP contribution in [0.15, 0.2) is 30.9 Å². The molecule has 0 N–H and O–H groups in total. The van der Waals surface area contributed by atoms with Crippen molar-refractivity contribution in [2.45, 2.75) is 32.6 Å². The highest BCUT2D eigenvalue weighted by Gasteiger charge is 2.13. The molecule has 16 heavy (non-hydrogen) atoms. The van der Waals surface area contributed by atoms with E-state index in [1.54, 1.807) is 12.1 Å². The van der Waals surface area contributed by atoms with Gasteiger partial charge in [-0.2, -0.15) is 0 Å². The summed E-state index contributed by atoms with van der Waals surface area (Å²) in [6.45, 7) is 7.85. The lowest BCUT2D eigenvalue weighted by Gasteiger charge is -2.12. The van der Waals surface area contributed by atoms with Crippen molar-refractivity contribution in [1.82, 2.24) is 0 Å². The highest BCUT2D eigenvalue weighted by molar-refractivity contribution is 5.42. The second-order valence-electron chi connectivity index (χ2n) is 3.91. The van der Waals surface area contributed by atoms with Gasteiger partial charge in [0.2, 0.25) is 0 Å². The maximum absolute atomic E-state index is 10.7. The van der Waals surface area contributed by atoms with E-state index in [4.69, 9.17) is 0 Å². The predicted molar refractivity (Wildman–Crippen MR) is 65.7 cm³/mol. The van der Waals surface area contributed by atoms with Gasteiger partial charge < -0.3 is 0 Å². The SMILES string of the molecule is C=CC(C)c1cc([N+](=O)[O-])ccc1CCC. The highest BCUT2D eigenvalue weighted by atomic mass is 16.6. The number of benzene rings is 1. The van der Waals surface area contributed by atoms with Gasteiger partial charge in [-0.05, 0) is 23.5 Å². The van der Waals surface area contributed by atoms with Crippen molar-refractivity contribution in [2.75, 3.05) is 0 Å². The standard InChI is InChI=1S/C13H17NO2/c1-4-6-11-7-8-12(14(15)16)9-13(11)10(3)5-2/h5,7-10H,2,4,6H2,1,3H3. The fraction of sp³-hybridized carbons (Fsp3) is 0.385. The summed E-state index contributed by atoms with van der Waals surface area (Å²) in [5.74, 6) is 0.154. The van der Waals surface area contributed by atoms with Crippen molar-refractivity contribution in [3.8, 4) is 0 Å². The second-order valence-corrected chi connectivity index (χ2v) is 3.91. The first-order valence-corrected chi connectivity index (χ1v) is 5.50. The molecule has 0 fully saturated rings. The van der Waals surface area contributed by atoms with E-state index >= 15 is 0 Å². The Morgan fingerprint density at radius 1 is 1.56 bits per heavy atom. The van der Waals surface area contributed by atoms with E-state index in [2.05, 4.69) is 13.5 Å². The Morgan fingerprint density at radius 3 is 2.75 bits per heavy atom. The van der Waals surface area contributed by atoms with E-state index in [0.29, 0.717) is 0 Å². The zero-order valence-corrected chi connectivity index (χ0v) is 9.77. The molecule has 0 radical (unpaired) electrons. The summed E-state index contributed by atoms with van der Waals surface area (Å²) in [6.07, 6.45) is 3.80. The molecule has 1 aromatic rings. The topological polar surface area (TPSA) is 43.1 Å². The number of nitrogens with zero attached hydrogens (tertiary/aromatic N) is 1. The van der Waals surface area contributed by atoms with Crippen molar-refractivity contribution < 1.29 is 4.92 Å². The smallest absolute Gasteiger partial charge is 0.258 e. The van der Waals surface area contributed by atoms with Gasteiger partial charge in [-0.3, -0.25) is 10.1 Å². The number of nitro benzene ring substituents is 1. The largest absolute Gasteiger partial charge is 0.269 e. The summed E-state index contributed by atoms with van der Waals surface area (Å²) in [6, 6.07) is 5.10. The predicted octanol–water partition coefficient (Wildman–Crippen LogP) is 3.84. The minimum Gasteiger partial charge on any atom is -0.258 e. The van der Waals surface area contributed by atoms with Crippen LogP contribution in [0, 0.1) is 10.1 Å². The number of non-ortho nitro benzene ring substituents is 1. The van der Waals surface area contributed by atoms with Crippen LogP contribution in [-0.4, -0.2) is 4.92 Å². The Balaban J connectivity index is 3.20. The van der Waals surface area contributed by atoms with Gasteiger partial charge in [0.05, 0.1) is 4.92 Å². The van der Waals surface area contributed by atoms with Crippen LogP contribution >= 0.6 is 0 Å². The van der Waals surface area contributed by atoms with E-state index in [0.717, 1.165) is 18.4 Å². The van der Waals surface area contributed by atoms with Crippen molar-refractivity contribution >= 4 is 5.69 Å². The van der Waals surface area contributed by atoms with Gasteiger partial charge in [-0.15, -0.1) is 6.58 Å². The van der Waals surface area contributed by atoms with Gasteiger partial charge in [0, 0.05) is 12.1 Å². The van der Waals surface area contributed by atoms with Crippen molar-refractivity contribution in [3.63, 3.8) is 0 Å². The molecule has 1 atom stereocenters. The van der Waals surface area contributed by atoms with E-state index < -0.39 is 0 Å². The number of rotatable bonds is 5. The van der Waals surface area contributed by atoms with Crippen molar-refractivity contribution in [2.24, 2.45) is 0 Å². The lowest BCUT2D eigenvalue weighted by molar-refractivity contribution is -0.384. The normalized spacial score (nSPS) is 12.1. The number of nitro groups is 1. The van der Waals surface area contributed by atoms with Crippen LogP contribution in [0.4, 0.5) is 5.69 Å². The minimum absolute atomic E-state index is 0.154. The molecule has 0 spiro atoms. The lowest BCUT2D eigenvalue weighted by Crippen LogP contribution is -1.99. The van der Waals surface area contributed by atoms with Crippen molar-refractivity contribution in [3.05, 3.63) is 52.1 Å². The molecule has 1 rings (SSSR count). The molecule has 0 saturated carbocycles. The molecule has 0 aliphatic carbocycles. The number of hydrogen-bond acceptors (Lipinski definition) is 2. The van der Waals surface area contributed by atoms with E-state index in [1.807, 2.05) is 19.1 Å². The Hall–Kier alpha value is -1.64. The summed E-state index contributed by atoms with van der Waals surface area (Å²) in [4.78, 5) is 10.4. The molecule has 3 nitrogen and oxygen atoms in total. The quantitative estimate of drug-likeness (QED) is 0.429. The zero-order chi connectivity index (χ0) is 12.1. The van der Waals surface area contributed by atoms with Crippen LogP contribution in [0.5, 0.6) is 0 Å². The molecule has 1 aromatic carbocycles. The van der Waals surface area contributed by atoms with Crippen LogP contribution in [0.1, 0.15) is 37.3 Å². The molecular formula is C13H17NO2. The molecule has 0 aliphatic rings. The van der Waals surface area contributed by atoms with E-state index in [1.165, 1.54) is 5.56 Å². The third kappa shape index (κ3) is 2.69. The van der Waals surface area contributed by atoms with Crippen LogP contribution in [0.25, 0.3) is 0 Å². The zero-order valence-electron chi connectivity index (χ0n) is 9.77. The highest BCUT2D eigenvalue weighted by Crippen LogP contribution is 2.26. The second kappa shape index (κ2) is 5.45. The molecule has 1 unspecified atom stereocenters. The van der Waals surface area contributed by atoms with Gasteiger partial charge in [0.25, 0.3) is 5.69 Å². The van der Waals surface area contributed by atoms with Gasteiger partial charge in [-0.1, -0.05) is 32.4 Å². The Morgan fingerprint density at radius 2 is 2.25 bits per heavy atom. The molecule has 0 heterocycles.